The Kier molecular flexibility index (Phi) is 5.45. The van der Waals surface area contributed by atoms with Gasteiger partial charge in [0.15, 0.2) is 0 Å². The number of rotatable bonds is 7. The molecule has 0 aliphatic heterocycles. The predicted molar refractivity (Wildman–Crippen MR) is 97.7 cm³/mol. The Morgan fingerprint density at radius 3 is 2.85 bits per heavy atom. The molecule has 0 N–H and O–H groups in total. The van der Waals surface area contributed by atoms with E-state index < -0.39 is 0 Å². The van der Waals surface area contributed by atoms with Crippen LogP contribution in [-0.2, 0) is 12.4 Å². The van der Waals surface area contributed by atoms with Crippen LogP contribution < -0.4 is 4.74 Å². The molecule has 0 radical (unpaired) electrons. The minimum Gasteiger partial charge on any atom is -0.486 e. The summed E-state index contributed by atoms with van der Waals surface area (Å²) in [4.78, 5) is 4.59. The van der Waals surface area contributed by atoms with E-state index in [0.29, 0.717) is 18.4 Å². The summed E-state index contributed by atoms with van der Waals surface area (Å²) in [5.41, 5.74) is 0.985. The lowest BCUT2D eigenvalue weighted by Gasteiger charge is -2.10. The number of aromatic nitrogens is 5. The number of benzene rings is 1. The summed E-state index contributed by atoms with van der Waals surface area (Å²) in [6, 6.07) is 6.43. The third-order valence-corrected chi connectivity index (χ3v) is 6.10. The summed E-state index contributed by atoms with van der Waals surface area (Å²) >= 11 is 3.17. The Morgan fingerprint density at radius 2 is 2.04 bits per heavy atom. The van der Waals surface area contributed by atoms with Crippen LogP contribution in [0.1, 0.15) is 42.4 Å². The molecule has 0 bridgehead atoms. The summed E-state index contributed by atoms with van der Waals surface area (Å²) in [5, 5.41) is 15.9. The molecule has 0 unspecified atom stereocenters. The molecule has 136 valence electrons. The first-order valence-corrected chi connectivity index (χ1v) is 10.4. The first-order chi connectivity index (χ1) is 12.8. The van der Waals surface area contributed by atoms with Crippen LogP contribution >= 0.6 is 23.1 Å². The summed E-state index contributed by atoms with van der Waals surface area (Å²) in [7, 11) is 0. The quantitative estimate of drug-likeness (QED) is 0.561. The maximum absolute atomic E-state index is 12.9. The van der Waals surface area contributed by atoms with Crippen LogP contribution in [0.2, 0.25) is 0 Å². The first kappa shape index (κ1) is 17.4. The van der Waals surface area contributed by atoms with Crippen LogP contribution in [0, 0.1) is 5.82 Å². The van der Waals surface area contributed by atoms with Crippen molar-refractivity contribution in [2.45, 2.75) is 49.2 Å². The fourth-order valence-corrected chi connectivity index (χ4v) is 4.60. The van der Waals surface area contributed by atoms with Gasteiger partial charge >= 0.3 is 0 Å². The molecule has 0 atom stereocenters. The zero-order valence-corrected chi connectivity index (χ0v) is 15.7. The Balaban J connectivity index is 1.31. The molecule has 9 heteroatoms. The number of halogens is 1. The number of tetrazole rings is 1. The highest BCUT2D eigenvalue weighted by Crippen LogP contribution is 2.32. The molecule has 4 rings (SSSR count). The van der Waals surface area contributed by atoms with E-state index in [-0.39, 0.29) is 5.82 Å². The van der Waals surface area contributed by atoms with Gasteiger partial charge in [-0.15, -0.1) is 16.4 Å². The van der Waals surface area contributed by atoms with Gasteiger partial charge in [-0.05, 0) is 47.5 Å². The molecule has 2 aromatic heterocycles. The van der Waals surface area contributed by atoms with Gasteiger partial charge in [-0.2, -0.15) is 0 Å². The van der Waals surface area contributed by atoms with Crippen LogP contribution in [-0.4, -0.2) is 25.2 Å². The van der Waals surface area contributed by atoms with Crippen molar-refractivity contribution in [1.29, 1.82) is 0 Å². The van der Waals surface area contributed by atoms with Crippen LogP contribution in [0.5, 0.6) is 5.75 Å². The molecule has 26 heavy (non-hydrogen) atoms. The third-order valence-electron chi connectivity index (χ3n) is 4.26. The van der Waals surface area contributed by atoms with Crippen molar-refractivity contribution in [3.63, 3.8) is 0 Å². The van der Waals surface area contributed by atoms with Gasteiger partial charge in [0.2, 0.25) is 5.16 Å². The summed E-state index contributed by atoms with van der Waals surface area (Å²) < 4.78 is 20.5. The predicted octanol–water partition coefficient (Wildman–Crippen LogP) is 4.26. The minimum atomic E-state index is -0.272. The Bertz CT molecular complexity index is 845. The van der Waals surface area contributed by atoms with Gasteiger partial charge in [0.1, 0.15) is 23.2 Å². The molecule has 3 aromatic rings. The van der Waals surface area contributed by atoms with E-state index >= 15 is 0 Å². The molecular weight excluding hydrogens is 373 g/mol. The highest BCUT2D eigenvalue weighted by molar-refractivity contribution is 7.98. The summed E-state index contributed by atoms with van der Waals surface area (Å²) in [6.45, 7) is 0.376. The molecule has 1 aliphatic carbocycles. The van der Waals surface area contributed by atoms with Gasteiger partial charge in [-0.25, -0.2) is 14.1 Å². The van der Waals surface area contributed by atoms with E-state index in [1.54, 1.807) is 35.2 Å². The third kappa shape index (κ3) is 4.21. The molecule has 1 saturated carbocycles. The SMILES string of the molecule is Fc1ccc(OCc2nc(CSc3nnnn3C3CCCC3)cs2)cc1. The lowest BCUT2D eigenvalue weighted by Crippen LogP contribution is -2.08. The topological polar surface area (TPSA) is 65.7 Å². The van der Waals surface area contributed by atoms with Gasteiger partial charge < -0.3 is 4.74 Å². The maximum atomic E-state index is 12.9. The smallest absolute Gasteiger partial charge is 0.209 e. The van der Waals surface area contributed by atoms with Crippen molar-refractivity contribution in [2.24, 2.45) is 0 Å². The number of nitrogens with zero attached hydrogens (tertiary/aromatic N) is 5. The van der Waals surface area contributed by atoms with E-state index in [2.05, 4.69) is 20.5 Å². The second kappa shape index (κ2) is 8.13. The highest BCUT2D eigenvalue weighted by Gasteiger charge is 2.21. The number of hydrogen-bond donors (Lipinski definition) is 0. The fraction of sp³-hybridized carbons (Fsp3) is 0.412. The number of ether oxygens (including phenoxy) is 1. The summed E-state index contributed by atoms with van der Waals surface area (Å²) in [5.74, 6) is 1.08. The van der Waals surface area contributed by atoms with Crippen LogP contribution in [0.25, 0.3) is 0 Å². The molecule has 1 aliphatic rings. The Hall–Kier alpha value is -2.00. The van der Waals surface area contributed by atoms with Crippen molar-refractivity contribution >= 4 is 23.1 Å². The standard InChI is InChI=1S/C17H18FN5OS2/c18-12-5-7-15(8-6-12)24-9-16-19-13(10-25-16)11-26-17-20-21-22-23(17)14-3-1-2-4-14/h5-8,10,14H,1-4,9,11H2. The van der Waals surface area contributed by atoms with Gasteiger partial charge in [-0.1, -0.05) is 24.6 Å². The second-order valence-electron chi connectivity index (χ2n) is 6.11. The number of thioether (sulfide) groups is 1. The maximum Gasteiger partial charge on any atom is 0.209 e. The van der Waals surface area contributed by atoms with Crippen LogP contribution in [0.3, 0.4) is 0 Å². The monoisotopic (exact) mass is 391 g/mol. The van der Waals surface area contributed by atoms with Gasteiger partial charge in [0, 0.05) is 11.1 Å². The van der Waals surface area contributed by atoms with Gasteiger partial charge in [0.05, 0.1) is 11.7 Å². The van der Waals surface area contributed by atoms with Crippen LogP contribution in [0.4, 0.5) is 4.39 Å². The van der Waals surface area contributed by atoms with Crippen molar-refractivity contribution in [3.8, 4) is 5.75 Å². The van der Waals surface area contributed by atoms with Gasteiger partial charge in [0.25, 0.3) is 0 Å². The average molecular weight is 391 g/mol. The molecule has 2 heterocycles. The van der Waals surface area contributed by atoms with Crippen molar-refractivity contribution in [2.75, 3.05) is 0 Å². The van der Waals surface area contributed by atoms with E-state index in [4.69, 9.17) is 4.74 Å². The molecule has 0 amide bonds. The largest absolute Gasteiger partial charge is 0.486 e. The molecule has 1 aromatic carbocycles. The zero-order chi connectivity index (χ0) is 17.8. The minimum absolute atomic E-state index is 0.272. The van der Waals surface area contributed by atoms with Crippen LogP contribution in [0.15, 0.2) is 34.8 Å². The van der Waals surface area contributed by atoms with Gasteiger partial charge in [-0.3, -0.25) is 0 Å². The molecule has 1 fully saturated rings. The fourth-order valence-electron chi connectivity index (χ4n) is 2.95. The van der Waals surface area contributed by atoms with E-state index in [1.807, 2.05) is 10.1 Å². The Labute approximate surface area is 158 Å². The Morgan fingerprint density at radius 1 is 1.23 bits per heavy atom. The lowest BCUT2D eigenvalue weighted by molar-refractivity contribution is 0.305. The molecule has 0 saturated heterocycles. The molecule has 0 spiro atoms. The average Bonchev–Trinajstić information content (AvgIpc) is 3.40. The van der Waals surface area contributed by atoms with Crippen molar-refractivity contribution in [1.82, 2.24) is 25.2 Å². The van der Waals surface area contributed by atoms with Crippen molar-refractivity contribution < 1.29 is 9.13 Å². The van der Waals surface area contributed by atoms with E-state index in [9.17, 15) is 4.39 Å². The van der Waals surface area contributed by atoms with Crippen molar-refractivity contribution in [3.05, 3.63) is 46.2 Å². The highest BCUT2D eigenvalue weighted by atomic mass is 32.2. The summed E-state index contributed by atoms with van der Waals surface area (Å²) in [6.07, 6.45) is 4.80. The van der Waals surface area contributed by atoms with E-state index in [1.165, 1.54) is 25.0 Å². The number of thiazole rings is 1. The second-order valence-corrected chi connectivity index (χ2v) is 7.99. The first-order valence-electron chi connectivity index (χ1n) is 8.50. The number of hydrogen-bond acceptors (Lipinski definition) is 7. The normalized spacial score (nSPS) is 14.8. The molecule has 6 nitrogen and oxygen atoms in total. The zero-order valence-electron chi connectivity index (χ0n) is 14.0. The lowest BCUT2D eigenvalue weighted by atomic mass is 10.3. The van der Waals surface area contributed by atoms with E-state index in [0.717, 1.165) is 34.5 Å². The molecular formula is C17H18FN5OS2.